The van der Waals surface area contributed by atoms with Crippen LogP contribution in [0.1, 0.15) is 6.92 Å². The summed E-state index contributed by atoms with van der Waals surface area (Å²) in [5.74, 6) is 0.912. The maximum Gasteiger partial charge on any atom is 0.130 e. The third kappa shape index (κ3) is 2.68. The van der Waals surface area contributed by atoms with Gasteiger partial charge in [0.1, 0.15) is 17.0 Å². The van der Waals surface area contributed by atoms with Gasteiger partial charge in [-0.3, -0.25) is 5.10 Å². The summed E-state index contributed by atoms with van der Waals surface area (Å²) in [7, 11) is 1.89. The number of aromatic nitrogens is 7. The van der Waals surface area contributed by atoms with Gasteiger partial charge in [0.25, 0.3) is 0 Å². The Kier molecular flexibility index (Phi) is 3.87. The predicted molar refractivity (Wildman–Crippen MR) is 103 cm³/mol. The van der Waals surface area contributed by atoms with E-state index in [1.165, 1.54) is 11.5 Å². The summed E-state index contributed by atoms with van der Waals surface area (Å²) in [6.45, 7) is 4.34. The first-order valence-corrected chi connectivity index (χ1v) is 9.49. The van der Waals surface area contributed by atoms with Gasteiger partial charge in [0.2, 0.25) is 0 Å². The number of hydrogen-bond donors (Lipinski definition) is 1. The van der Waals surface area contributed by atoms with Gasteiger partial charge in [0, 0.05) is 25.4 Å². The van der Waals surface area contributed by atoms with E-state index in [0.717, 1.165) is 45.2 Å². The minimum atomic E-state index is 0.253. The van der Waals surface area contributed by atoms with Gasteiger partial charge >= 0.3 is 0 Å². The molecule has 27 heavy (non-hydrogen) atoms. The molecular formula is C17H18N8OS. The van der Waals surface area contributed by atoms with Crippen molar-refractivity contribution in [2.45, 2.75) is 13.0 Å². The highest BCUT2D eigenvalue weighted by atomic mass is 32.1. The number of aryl methyl sites for hydroxylation is 1. The van der Waals surface area contributed by atoms with Crippen LogP contribution in [0.2, 0.25) is 0 Å². The van der Waals surface area contributed by atoms with Crippen molar-refractivity contribution in [3.8, 4) is 22.6 Å². The molecule has 0 spiro atoms. The van der Waals surface area contributed by atoms with Gasteiger partial charge in [-0.15, -0.1) is 5.10 Å². The van der Waals surface area contributed by atoms with Crippen molar-refractivity contribution in [3.63, 3.8) is 0 Å². The fourth-order valence-electron chi connectivity index (χ4n) is 3.41. The zero-order chi connectivity index (χ0) is 18.4. The Morgan fingerprint density at radius 1 is 1.37 bits per heavy atom. The van der Waals surface area contributed by atoms with E-state index in [1.54, 1.807) is 17.1 Å². The number of nitrogens with one attached hydrogen (secondary N) is 1. The predicted octanol–water partition coefficient (Wildman–Crippen LogP) is 2.10. The Morgan fingerprint density at radius 2 is 2.30 bits per heavy atom. The van der Waals surface area contributed by atoms with Gasteiger partial charge in [-0.1, -0.05) is 5.21 Å². The Hall–Kier alpha value is -2.85. The van der Waals surface area contributed by atoms with Crippen LogP contribution in [-0.4, -0.2) is 60.3 Å². The Labute approximate surface area is 159 Å². The summed E-state index contributed by atoms with van der Waals surface area (Å²) < 4.78 is 13.0. The lowest BCUT2D eigenvalue weighted by molar-refractivity contribution is 0.0986. The van der Waals surface area contributed by atoms with Crippen LogP contribution >= 0.6 is 11.5 Å². The van der Waals surface area contributed by atoms with Gasteiger partial charge in [0.05, 0.1) is 41.5 Å². The summed E-state index contributed by atoms with van der Waals surface area (Å²) >= 11 is 1.43. The zero-order valence-electron chi connectivity index (χ0n) is 15.0. The average Bonchev–Trinajstić information content (AvgIpc) is 3.41. The van der Waals surface area contributed by atoms with Crippen molar-refractivity contribution in [2.24, 2.45) is 7.05 Å². The Morgan fingerprint density at radius 3 is 3.04 bits per heavy atom. The highest BCUT2D eigenvalue weighted by Gasteiger charge is 2.24. The van der Waals surface area contributed by atoms with E-state index in [4.69, 9.17) is 9.72 Å². The normalized spacial score (nSPS) is 17.7. The lowest BCUT2D eigenvalue weighted by atomic mass is 10.1. The number of aromatic amines is 1. The first kappa shape index (κ1) is 16.3. The largest absolute Gasteiger partial charge is 0.377 e. The van der Waals surface area contributed by atoms with Crippen molar-refractivity contribution in [1.29, 1.82) is 0 Å². The van der Waals surface area contributed by atoms with Crippen molar-refractivity contribution >= 4 is 27.6 Å². The zero-order valence-corrected chi connectivity index (χ0v) is 15.8. The highest BCUT2D eigenvalue weighted by molar-refractivity contribution is 7.14. The molecular weight excluding hydrogens is 364 g/mol. The quantitative estimate of drug-likeness (QED) is 0.579. The number of fused-ring (bicyclic) bond motifs is 1. The SMILES string of the molecule is C[C@@H]1COCCN1c1cc(-c2cnnn2C)c2snc(-c3ccn[nH]3)c2n1. The van der Waals surface area contributed by atoms with E-state index in [9.17, 15) is 0 Å². The Balaban J connectivity index is 1.76. The molecule has 1 N–H and O–H groups in total. The van der Waals surface area contributed by atoms with E-state index < -0.39 is 0 Å². The van der Waals surface area contributed by atoms with Crippen LogP contribution in [-0.2, 0) is 11.8 Å². The lowest BCUT2D eigenvalue weighted by Gasteiger charge is -2.34. The van der Waals surface area contributed by atoms with Crippen molar-refractivity contribution in [1.82, 2.24) is 34.5 Å². The molecule has 1 aliphatic heterocycles. The minimum Gasteiger partial charge on any atom is -0.377 e. The minimum absolute atomic E-state index is 0.253. The smallest absolute Gasteiger partial charge is 0.130 e. The first-order chi connectivity index (χ1) is 13.2. The van der Waals surface area contributed by atoms with E-state index in [2.05, 4.69) is 42.8 Å². The molecule has 0 radical (unpaired) electrons. The van der Waals surface area contributed by atoms with E-state index in [-0.39, 0.29) is 6.04 Å². The maximum atomic E-state index is 5.59. The number of ether oxygens (including phenoxy) is 1. The van der Waals surface area contributed by atoms with Crippen LogP contribution < -0.4 is 4.90 Å². The van der Waals surface area contributed by atoms with Crippen molar-refractivity contribution in [3.05, 3.63) is 24.5 Å². The van der Waals surface area contributed by atoms with Crippen LogP contribution in [0.4, 0.5) is 5.82 Å². The monoisotopic (exact) mass is 382 g/mol. The number of anilines is 1. The second-order valence-electron chi connectivity index (χ2n) is 6.57. The summed E-state index contributed by atoms with van der Waals surface area (Å²) in [6, 6.07) is 4.27. The average molecular weight is 382 g/mol. The molecule has 0 amide bonds. The summed E-state index contributed by atoms with van der Waals surface area (Å²) in [5.41, 5.74) is 4.49. The number of H-pyrrole nitrogens is 1. The van der Waals surface area contributed by atoms with E-state index in [0.29, 0.717) is 13.2 Å². The number of pyridine rings is 1. The molecule has 5 rings (SSSR count). The third-order valence-corrected chi connectivity index (χ3v) is 5.69. The Bertz CT molecular complexity index is 1090. The molecule has 0 bridgehead atoms. The molecule has 0 unspecified atom stereocenters. The standard InChI is InChI=1S/C17H18N8OS/c1-10-9-26-6-5-25(10)14-7-11(13-8-19-23-24(13)2)17-16(20-14)15(22-27-17)12-3-4-18-21-12/h3-4,7-8,10H,5-6,9H2,1-2H3,(H,18,21)/t10-/m1/s1. The van der Waals surface area contributed by atoms with Crippen molar-refractivity contribution < 1.29 is 4.74 Å². The highest BCUT2D eigenvalue weighted by Crippen LogP contribution is 2.38. The van der Waals surface area contributed by atoms with Crippen LogP contribution in [0.15, 0.2) is 24.5 Å². The summed E-state index contributed by atoms with van der Waals surface area (Å²) in [5, 5.41) is 15.2. The number of morpholine rings is 1. The number of hydrogen-bond acceptors (Lipinski definition) is 8. The summed E-state index contributed by atoms with van der Waals surface area (Å²) in [4.78, 5) is 7.27. The molecule has 138 valence electrons. The van der Waals surface area contributed by atoms with Gasteiger partial charge in [-0.2, -0.15) is 9.47 Å². The fourth-order valence-corrected chi connectivity index (χ4v) is 4.27. The van der Waals surface area contributed by atoms with Gasteiger partial charge in [-0.05, 0) is 30.6 Å². The molecule has 9 nitrogen and oxygen atoms in total. The molecule has 5 heterocycles. The van der Waals surface area contributed by atoms with Gasteiger partial charge in [-0.25, -0.2) is 9.67 Å². The van der Waals surface area contributed by atoms with Crippen LogP contribution in [0.25, 0.3) is 32.9 Å². The lowest BCUT2D eigenvalue weighted by Crippen LogP contribution is -2.44. The van der Waals surface area contributed by atoms with Crippen LogP contribution in [0, 0.1) is 0 Å². The van der Waals surface area contributed by atoms with Crippen LogP contribution in [0.3, 0.4) is 0 Å². The topological polar surface area (TPSA) is 97.6 Å². The molecule has 4 aromatic heterocycles. The second-order valence-corrected chi connectivity index (χ2v) is 7.34. The molecule has 0 saturated carbocycles. The molecule has 1 atom stereocenters. The van der Waals surface area contributed by atoms with Crippen LogP contribution in [0.5, 0.6) is 0 Å². The second kappa shape index (κ2) is 6.39. The third-order valence-electron chi connectivity index (χ3n) is 4.82. The van der Waals surface area contributed by atoms with E-state index >= 15 is 0 Å². The number of rotatable bonds is 3. The first-order valence-electron chi connectivity index (χ1n) is 8.72. The molecule has 1 aliphatic rings. The van der Waals surface area contributed by atoms with E-state index in [1.807, 2.05) is 13.1 Å². The van der Waals surface area contributed by atoms with Gasteiger partial charge < -0.3 is 9.64 Å². The van der Waals surface area contributed by atoms with Gasteiger partial charge in [0.15, 0.2) is 0 Å². The molecule has 4 aromatic rings. The molecule has 0 aliphatic carbocycles. The molecule has 0 aromatic carbocycles. The van der Waals surface area contributed by atoms with Crippen molar-refractivity contribution in [2.75, 3.05) is 24.7 Å². The molecule has 10 heteroatoms. The fraction of sp³-hybridized carbons (Fsp3) is 0.353. The molecule has 1 saturated heterocycles. The maximum absolute atomic E-state index is 5.59. The molecule has 1 fully saturated rings. The number of nitrogens with zero attached hydrogens (tertiary/aromatic N) is 7. The summed E-state index contributed by atoms with van der Waals surface area (Å²) in [6.07, 6.45) is 3.50.